The van der Waals surface area contributed by atoms with Gasteiger partial charge < -0.3 is 10.1 Å². The summed E-state index contributed by atoms with van der Waals surface area (Å²) in [4.78, 5) is 0. The van der Waals surface area contributed by atoms with Gasteiger partial charge in [0.15, 0.2) is 0 Å². The molecule has 0 amide bonds. The maximum absolute atomic E-state index is 6.17. The highest BCUT2D eigenvalue weighted by Crippen LogP contribution is 2.26. The molecule has 1 saturated carbocycles. The molecule has 0 saturated heterocycles. The summed E-state index contributed by atoms with van der Waals surface area (Å²) in [7, 11) is 0. The summed E-state index contributed by atoms with van der Waals surface area (Å²) < 4.78 is 6.17. The molecule has 112 valence electrons. The minimum atomic E-state index is 0.433. The summed E-state index contributed by atoms with van der Waals surface area (Å²) in [6.07, 6.45) is 9.17. The second kappa shape index (κ2) is 8.31. The number of rotatable bonds is 7. The van der Waals surface area contributed by atoms with Crippen LogP contribution in [-0.4, -0.2) is 12.6 Å². The van der Waals surface area contributed by atoms with Crippen LogP contribution in [0.4, 0.5) is 0 Å². The van der Waals surface area contributed by atoms with Crippen molar-refractivity contribution >= 4 is 0 Å². The molecule has 1 aliphatic rings. The summed E-state index contributed by atoms with van der Waals surface area (Å²) >= 11 is 0. The lowest BCUT2D eigenvalue weighted by Gasteiger charge is -2.24. The Labute approximate surface area is 123 Å². The third-order valence-corrected chi connectivity index (χ3v) is 4.16. The first-order chi connectivity index (χ1) is 9.83. The highest BCUT2D eigenvalue weighted by atomic mass is 16.5. The van der Waals surface area contributed by atoms with Crippen LogP contribution in [0.5, 0.6) is 5.75 Å². The number of ether oxygens (including phenoxy) is 1. The summed E-state index contributed by atoms with van der Waals surface area (Å²) in [5.41, 5.74) is 1.36. The Hall–Kier alpha value is -1.02. The molecule has 0 spiro atoms. The van der Waals surface area contributed by atoms with Crippen LogP contribution in [0.1, 0.15) is 70.4 Å². The van der Waals surface area contributed by atoms with Gasteiger partial charge >= 0.3 is 0 Å². The second-order valence-corrected chi connectivity index (χ2v) is 5.87. The molecule has 2 heteroatoms. The van der Waals surface area contributed by atoms with Gasteiger partial charge in [-0.15, -0.1) is 0 Å². The standard InChI is InChI=1S/C18H29NO/c1-3-13-19-18(4-2)15-9-8-12-17(14-15)20-16-10-6-5-7-11-16/h8-9,12,14,16,18-19H,3-7,10-11,13H2,1-2H3. The van der Waals surface area contributed by atoms with E-state index in [2.05, 4.69) is 43.4 Å². The third kappa shape index (κ3) is 4.52. The Kier molecular flexibility index (Phi) is 6.38. The van der Waals surface area contributed by atoms with Gasteiger partial charge in [-0.05, 0) is 62.8 Å². The van der Waals surface area contributed by atoms with Gasteiger partial charge in [0, 0.05) is 6.04 Å². The van der Waals surface area contributed by atoms with Gasteiger partial charge in [-0.2, -0.15) is 0 Å². The van der Waals surface area contributed by atoms with E-state index >= 15 is 0 Å². The van der Waals surface area contributed by atoms with E-state index in [1.54, 1.807) is 0 Å². The molecule has 1 fully saturated rings. The van der Waals surface area contributed by atoms with E-state index in [9.17, 15) is 0 Å². The van der Waals surface area contributed by atoms with Crippen molar-refractivity contribution < 1.29 is 4.74 Å². The van der Waals surface area contributed by atoms with Crippen LogP contribution in [0, 0.1) is 0 Å². The van der Waals surface area contributed by atoms with Gasteiger partial charge in [-0.25, -0.2) is 0 Å². The van der Waals surface area contributed by atoms with Crippen LogP contribution in [0.3, 0.4) is 0 Å². The lowest BCUT2D eigenvalue weighted by atomic mass is 9.97. The summed E-state index contributed by atoms with van der Waals surface area (Å²) in [6, 6.07) is 9.12. The van der Waals surface area contributed by atoms with E-state index in [1.165, 1.54) is 44.1 Å². The molecule has 2 nitrogen and oxygen atoms in total. The monoisotopic (exact) mass is 275 g/mol. The van der Waals surface area contributed by atoms with Gasteiger partial charge in [0.1, 0.15) is 5.75 Å². The zero-order valence-electron chi connectivity index (χ0n) is 13.0. The van der Waals surface area contributed by atoms with Crippen molar-refractivity contribution in [1.29, 1.82) is 0 Å². The molecule has 0 heterocycles. The van der Waals surface area contributed by atoms with Gasteiger partial charge in [0.25, 0.3) is 0 Å². The van der Waals surface area contributed by atoms with Crippen LogP contribution in [-0.2, 0) is 0 Å². The first-order valence-corrected chi connectivity index (χ1v) is 8.33. The van der Waals surface area contributed by atoms with Crippen molar-refractivity contribution in [2.75, 3.05) is 6.54 Å². The van der Waals surface area contributed by atoms with E-state index in [-0.39, 0.29) is 0 Å². The van der Waals surface area contributed by atoms with Crippen molar-refractivity contribution in [3.05, 3.63) is 29.8 Å². The SMILES string of the molecule is CCCNC(CC)c1cccc(OC2CCCCC2)c1. The lowest BCUT2D eigenvalue weighted by molar-refractivity contribution is 0.155. The van der Waals surface area contributed by atoms with Crippen molar-refractivity contribution in [2.45, 2.75) is 70.9 Å². The van der Waals surface area contributed by atoms with Crippen LogP contribution < -0.4 is 10.1 Å². The number of hydrogen-bond acceptors (Lipinski definition) is 2. The Morgan fingerprint density at radius 1 is 1.20 bits per heavy atom. The predicted octanol–water partition coefficient (Wildman–Crippen LogP) is 4.85. The lowest BCUT2D eigenvalue weighted by Crippen LogP contribution is -2.22. The maximum Gasteiger partial charge on any atom is 0.120 e. The molecule has 1 aromatic carbocycles. The predicted molar refractivity (Wildman–Crippen MR) is 85.3 cm³/mol. The molecule has 0 aromatic heterocycles. The summed E-state index contributed by atoms with van der Waals surface area (Å²) in [5, 5.41) is 3.61. The van der Waals surface area contributed by atoms with Crippen LogP contribution in [0.25, 0.3) is 0 Å². The third-order valence-electron chi connectivity index (χ3n) is 4.16. The number of benzene rings is 1. The number of nitrogens with one attached hydrogen (secondary N) is 1. The van der Waals surface area contributed by atoms with Crippen molar-refractivity contribution in [1.82, 2.24) is 5.32 Å². The van der Waals surface area contributed by atoms with Crippen LogP contribution in [0.15, 0.2) is 24.3 Å². The van der Waals surface area contributed by atoms with Crippen molar-refractivity contribution in [2.24, 2.45) is 0 Å². The molecule has 0 aliphatic heterocycles. The van der Waals surface area contributed by atoms with Crippen LogP contribution in [0.2, 0.25) is 0 Å². The molecule has 1 unspecified atom stereocenters. The minimum Gasteiger partial charge on any atom is -0.490 e. The van der Waals surface area contributed by atoms with Gasteiger partial charge in [-0.3, -0.25) is 0 Å². The smallest absolute Gasteiger partial charge is 0.120 e. The second-order valence-electron chi connectivity index (χ2n) is 5.87. The highest BCUT2D eigenvalue weighted by molar-refractivity contribution is 5.30. The normalized spacial score (nSPS) is 17.9. The summed E-state index contributed by atoms with van der Waals surface area (Å²) in [6.45, 7) is 5.52. The minimum absolute atomic E-state index is 0.433. The topological polar surface area (TPSA) is 21.3 Å². The molecule has 0 bridgehead atoms. The Balaban J connectivity index is 1.98. The Bertz CT molecular complexity index is 385. The first kappa shape index (κ1) is 15.4. The highest BCUT2D eigenvalue weighted by Gasteiger charge is 2.15. The van der Waals surface area contributed by atoms with E-state index in [0.717, 1.165) is 18.7 Å². The van der Waals surface area contributed by atoms with Crippen molar-refractivity contribution in [3.8, 4) is 5.75 Å². The van der Waals surface area contributed by atoms with Gasteiger partial charge in [0.2, 0.25) is 0 Å². The molecule has 20 heavy (non-hydrogen) atoms. The Morgan fingerprint density at radius 3 is 2.70 bits per heavy atom. The van der Waals surface area contributed by atoms with E-state index in [4.69, 9.17) is 4.74 Å². The fourth-order valence-electron chi connectivity index (χ4n) is 3.00. The maximum atomic E-state index is 6.17. The largest absolute Gasteiger partial charge is 0.490 e. The van der Waals surface area contributed by atoms with E-state index in [1.807, 2.05) is 0 Å². The number of hydrogen-bond donors (Lipinski definition) is 1. The van der Waals surface area contributed by atoms with Crippen LogP contribution >= 0.6 is 0 Å². The zero-order valence-corrected chi connectivity index (χ0v) is 13.0. The average molecular weight is 275 g/mol. The van der Waals surface area contributed by atoms with Gasteiger partial charge in [-0.1, -0.05) is 32.4 Å². The summed E-state index contributed by atoms with van der Waals surface area (Å²) in [5.74, 6) is 1.05. The van der Waals surface area contributed by atoms with E-state index in [0.29, 0.717) is 12.1 Å². The molecule has 1 aliphatic carbocycles. The van der Waals surface area contributed by atoms with Gasteiger partial charge in [0.05, 0.1) is 6.10 Å². The molecule has 1 atom stereocenters. The molecular weight excluding hydrogens is 246 g/mol. The fourth-order valence-corrected chi connectivity index (χ4v) is 3.00. The molecule has 1 aromatic rings. The van der Waals surface area contributed by atoms with E-state index < -0.39 is 0 Å². The molecule has 1 N–H and O–H groups in total. The van der Waals surface area contributed by atoms with Crippen molar-refractivity contribution in [3.63, 3.8) is 0 Å². The average Bonchev–Trinajstić information content (AvgIpc) is 2.49. The molecular formula is C18H29NO. The Morgan fingerprint density at radius 2 is 2.00 bits per heavy atom. The zero-order chi connectivity index (χ0) is 14.2. The molecule has 0 radical (unpaired) electrons. The quantitative estimate of drug-likeness (QED) is 0.768. The fraction of sp³-hybridized carbons (Fsp3) is 0.667. The molecule has 2 rings (SSSR count). The first-order valence-electron chi connectivity index (χ1n) is 8.33.